The molecule has 0 aliphatic heterocycles. The highest BCUT2D eigenvalue weighted by molar-refractivity contribution is 6.06. The van der Waals surface area contributed by atoms with Gasteiger partial charge in [-0.15, -0.1) is 0 Å². The van der Waals surface area contributed by atoms with Crippen LogP contribution in [0.1, 0.15) is 10.4 Å². The van der Waals surface area contributed by atoms with Crippen LogP contribution in [0.2, 0.25) is 0 Å². The maximum absolute atomic E-state index is 12.9. The van der Waals surface area contributed by atoms with Crippen molar-refractivity contribution < 1.29 is 23.7 Å². The molecule has 3 rings (SSSR count). The third kappa shape index (κ3) is 4.43. The van der Waals surface area contributed by atoms with E-state index in [0.717, 1.165) is 16.9 Å². The van der Waals surface area contributed by atoms with Crippen LogP contribution in [0.3, 0.4) is 0 Å². The van der Waals surface area contributed by atoms with Crippen molar-refractivity contribution in [2.24, 2.45) is 0 Å². The van der Waals surface area contributed by atoms with Crippen molar-refractivity contribution in [1.29, 1.82) is 0 Å². The molecule has 0 saturated carbocycles. The molecule has 29 heavy (non-hydrogen) atoms. The van der Waals surface area contributed by atoms with Crippen LogP contribution in [0.5, 0.6) is 23.0 Å². The molecule has 0 aliphatic rings. The number of carbonyl (C=O) groups is 1. The molecule has 0 fully saturated rings. The zero-order valence-corrected chi connectivity index (χ0v) is 16.8. The van der Waals surface area contributed by atoms with E-state index < -0.39 is 0 Å². The second-order valence-corrected chi connectivity index (χ2v) is 6.16. The molecule has 0 radical (unpaired) electrons. The van der Waals surface area contributed by atoms with Gasteiger partial charge in [-0.1, -0.05) is 12.1 Å². The molecular weight excluding hydrogens is 370 g/mol. The fraction of sp³-hybridized carbons (Fsp3) is 0.174. The molecule has 0 aliphatic carbocycles. The number of hydrogen-bond acceptors (Lipinski definition) is 5. The van der Waals surface area contributed by atoms with Crippen molar-refractivity contribution in [3.8, 4) is 34.1 Å². The second-order valence-electron chi connectivity index (χ2n) is 6.16. The number of rotatable bonds is 7. The van der Waals surface area contributed by atoms with E-state index in [0.29, 0.717) is 28.5 Å². The molecule has 3 aromatic rings. The maximum atomic E-state index is 12.9. The minimum atomic E-state index is -0.299. The van der Waals surface area contributed by atoms with Gasteiger partial charge in [-0.25, -0.2) is 0 Å². The fourth-order valence-corrected chi connectivity index (χ4v) is 2.97. The molecule has 150 valence electrons. The van der Waals surface area contributed by atoms with E-state index in [9.17, 15) is 4.79 Å². The van der Waals surface area contributed by atoms with Crippen LogP contribution in [0.4, 0.5) is 5.69 Å². The first kappa shape index (κ1) is 20.1. The monoisotopic (exact) mass is 393 g/mol. The molecule has 0 saturated heterocycles. The van der Waals surface area contributed by atoms with E-state index in [-0.39, 0.29) is 5.91 Å². The van der Waals surface area contributed by atoms with Crippen LogP contribution in [0.25, 0.3) is 11.1 Å². The highest BCUT2D eigenvalue weighted by Crippen LogP contribution is 2.34. The van der Waals surface area contributed by atoms with Gasteiger partial charge in [0.05, 0.1) is 34.0 Å². The lowest BCUT2D eigenvalue weighted by Crippen LogP contribution is -2.13. The fourth-order valence-electron chi connectivity index (χ4n) is 2.97. The lowest BCUT2D eigenvalue weighted by molar-refractivity contribution is 0.102. The molecular formula is C23H23NO5. The first-order valence-electron chi connectivity index (χ1n) is 8.95. The van der Waals surface area contributed by atoms with Crippen molar-refractivity contribution >= 4 is 11.6 Å². The van der Waals surface area contributed by atoms with Gasteiger partial charge >= 0.3 is 0 Å². The van der Waals surface area contributed by atoms with Gasteiger partial charge in [0.15, 0.2) is 0 Å². The lowest BCUT2D eigenvalue weighted by Gasteiger charge is -2.14. The Bertz CT molecular complexity index is 999. The molecule has 0 heterocycles. The first-order chi connectivity index (χ1) is 14.1. The van der Waals surface area contributed by atoms with Gasteiger partial charge in [0.2, 0.25) is 0 Å². The molecule has 1 N–H and O–H groups in total. The summed E-state index contributed by atoms with van der Waals surface area (Å²) in [4.78, 5) is 12.9. The summed E-state index contributed by atoms with van der Waals surface area (Å²) in [6.45, 7) is 0. The quantitative estimate of drug-likeness (QED) is 0.633. The lowest BCUT2D eigenvalue weighted by atomic mass is 10.0. The zero-order chi connectivity index (χ0) is 20.8. The van der Waals surface area contributed by atoms with Crippen LogP contribution >= 0.6 is 0 Å². The molecule has 0 atom stereocenters. The van der Waals surface area contributed by atoms with E-state index in [1.54, 1.807) is 45.6 Å². The average molecular weight is 393 g/mol. The minimum absolute atomic E-state index is 0.299. The van der Waals surface area contributed by atoms with E-state index in [2.05, 4.69) is 5.32 Å². The summed E-state index contributed by atoms with van der Waals surface area (Å²) in [7, 11) is 6.31. The van der Waals surface area contributed by atoms with Gasteiger partial charge < -0.3 is 24.3 Å². The third-order valence-electron chi connectivity index (χ3n) is 4.51. The Hall–Kier alpha value is -3.67. The van der Waals surface area contributed by atoms with Crippen LogP contribution in [-0.2, 0) is 0 Å². The number of hydrogen-bond donors (Lipinski definition) is 1. The maximum Gasteiger partial charge on any atom is 0.259 e. The van der Waals surface area contributed by atoms with Crippen molar-refractivity contribution in [2.45, 2.75) is 0 Å². The van der Waals surface area contributed by atoms with E-state index in [1.165, 1.54) is 7.11 Å². The van der Waals surface area contributed by atoms with Crippen molar-refractivity contribution in [1.82, 2.24) is 0 Å². The Morgan fingerprint density at radius 1 is 0.690 bits per heavy atom. The molecule has 6 heteroatoms. The van der Waals surface area contributed by atoms with E-state index in [1.807, 2.05) is 36.4 Å². The Morgan fingerprint density at radius 2 is 1.31 bits per heavy atom. The summed E-state index contributed by atoms with van der Waals surface area (Å²) in [5, 5.41) is 2.91. The summed E-state index contributed by atoms with van der Waals surface area (Å²) in [5.74, 6) is 2.21. The van der Waals surface area contributed by atoms with Gasteiger partial charge in [0.25, 0.3) is 5.91 Å². The number of ether oxygens (including phenoxy) is 4. The number of methoxy groups -OCH3 is 4. The molecule has 0 spiro atoms. The standard InChI is InChI=1S/C23H23NO5/c1-26-17-8-5-15(6-9-17)19-13-16(7-11-21(19)28-3)24-23(25)20-14-18(27-2)10-12-22(20)29-4/h5-14H,1-4H3,(H,24,25). The molecule has 1 amide bonds. The highest BCUT2D eigenvalue weighted by Gasteiger charge is 2.15. The number of anilines is 1. The smallest absolute Gasteiger partial charge is 0.259 e. The summed E-state index contributed by atoms with van der Waals surface area (Å²) < 4.78 is 21.2. The van der Waals surface area contributed by atoms with Crippen LogP contribution in [0, 0.1) is 0 Å². The van der Waals surface area contributed by atoms with Gasteiger partial charge in [0.1, 0.15) is 23.0 Å². The predicted molar refractivity (Wildman–Crippen MR) is 112 cm³/mol. The van der Waals surface area contributed by atoms with Gasteiger partial charge in [-0.2, -0.15) is 0 Å². The van der Waals surface area contributed by atoms with Crippen LogP contribution in [0.15, 0.2) is 60.7 Å². The number of amides is 1. The molecule has 6 nitrogen and oxygen atoms in total. The normalized spacial score (nSPS) is 10.2. The summed E-state index contributed by atoms with van der Waals surface area (Å²) in [6.07, 6.45) is 0. The Balaban J connectivity index is 1.93. The summed E-state index contributed by atoms with van der Waals surface area (Å²) in [6, 6.07) is 18.2. The van der Waals surface area contributed by atoms with Crippen LogP contribution in [-0.4, -0.2) is 34.3 Å². The number of benzene rings is 3. The molecule has 0 bridgehead atoms. The second kappa shape index (κ2) is 9.01. The van der Waals surface area contributed by atoms with Crippen molar-refractivity contribution in [2.75, 3.05) is 33.8 Å². The Labute approximate surface area is 170 Å². The molecule has 0 aromatic heterocycles. The molecule has 0 unspecified atom stereocenters. The number of nitrogens with one attached hydrogen (secondary N) is 1. The predicted octanol–water partition coefficient (Wildman–Crippen LogP) is 4.64. The third-order valence-corrected chi connectivity index (χ3v) is 4.51. The SMILES string of the molecule is COc1ccc(-c2cc(NC(=O)c3cc(OC)ccc3OC)ccc2OC)cc1. The Morgan fingerprint density at radius 3 is 1.93 bits per heavy atom. The van der Waals surface area contributed by atoms with E-state index >= 15 is 0 Å². The van der Waals surface area contributed by atoms with Crippen molar-refractivity contribution in [3.05, 3.63) is 66.2 Å². The highest BCUT2D eigenvalue weighted by atomic mass is 16.5. The average Bonchev–Trinajstić information content (AvgIpc) is 2.78. The van der Waals surface area contributed by atoms with Crippen LogP contribution < -0.4 is 24.3 Å². The first-order valence-corrected chi connectivity index (χ1v) is 8.95. The summed E-state index contributed by atoms with van der Waals surface area (Å²) >= 11 is 0. The van der Waals surface area contributed by atoms with Crippen molar-refractivity contribution in [3.63, 3.8) is 0 Å². The summed E-state index contributed by atoms with van der Waals surface area (Å²) in [5.41, 5.74) is 2.81. The van der Waals surface area contributed by atoms with Gasteiger partial charge in [0, 0.05) is 11.3 Å². The topological polar surface area (TPSA) is 66.0 Å². The zero-order valence-electron chi connectivity index (χ0n) is 16.8. The van der Waals surface area contributed by atoms with Gasteiger partial charge in [-0.05, 0) is 54.1 Å². The molecule has 3 aromatic carbocycles. The minimum Gasteiger partial charge on any atom is -0.497 e. The van der Waals surface area contributed by atoms with E-state index in [4.69, 9.17) is 18.9 Å². The Kier molecular flexibility index (Phi) is 6.24. The van der Waals surface area contributed by atoms with Gasteiger partial charge in [-0.3, -0.25) is 4.79 Å². The largest absolute Gasteiger partial charge is 0.497 e. The number of carbonyl (C=O) groups excluding carboxylic acids is 1.